The van der Waals surface area contributed by atoms with Gasteiger partial charge in [0.05, 0.1) is 6.04 Å². The number of hydrogen-bond acceptors (Lipinski definition) is 3. The van der Waals surface area contributed by atoms with Gasteiger partial charge in [0, 0.05) is 19.0 Å². The molecule has 0 aliphatic carbocycles. The van der Waals surface area contributed by atoms with E-state index in [1.165, 1.54) is 24.0 Å². The van der Waals surface area contributed by atoms with Gasteiger partial charge in [-0.3, -0.25) is 9.69 Å². The van der Waals surface area contributed by atoms with Gasteiger partial charge in [0.1, 0.15) is 0 Å². The summed E-state index contributed by atoms with van der Waals surface area (Å²) in [7, 11) is 0. The van der Waals surface area contributed by atoms with Crippen molar-refractivity contribution in [1.29, 1.82) is 0 Å². The second-order valence-corrected chi connectivity index (χ2v) is 6.49. The highest BCUT2D eigenvalue weighted by Crippen LogP contribution is 2.24. The summed E-state index contributed by atoms with van der Waals surface area (Å²) < 4.78 is 0. The first kappa shape index (κ1) is 17.0. The van der Waals surface area contributed by atoms with E-state index in [0.717, 1.165) is 19.5 Å². The summed E-state index contributed by atoms with van der Waals surface area (Å²) in [5, 5.41) is 3.09. The lowest BCUT2D eigenvalue weighted by Crippen LogP contribution is -2.37. The van der Waals surface area contributed by atoms with Gasteiger partial charge in [-0.1, -0.05) is 29.8 Å². The summed E-state index contributed by atoms with van der Waals surface area (Å²) in [6.07, 6.45) is 3.75. The molecule has 1 aliphatic heterocycles. The van der Waals surface area contributed by atoms with Crippen LogP contribution >= 0.6 is 0 Å². The molecule has 2 unspecified atom stereocenters. The molecule has 1 heterocycles. The van der Waals surface area contributed by atoms with E-state index in [1.54, 1.807) is 0 Å². The van der Waals surface area contributed by atoms with Gasteiger partial charge in [0.2, 0.25) is 5.91 Å². The van der Waals surface area contributed by atoms with E-state index < -0.39 is 0 Å². The van der Waals surface area contributed by atoms with Crippen LogP contribution in [0.2, 0.25) is 0 Å². The summed E-state index contributed by atoms with van der Waals surface area (Å²) in [6.45, 7) is 6.96. The van der Waals surface area contributed by atoms with Gasteiger partial charge in [0.25, 0.3) is 0 Å². The predicted octanol–water partition coefficient (Wildman–Crippen LogP) is 2.38. The second kappa shape index (κ2) is 8.30. The average Bonchev–Trinajstić information content (AvgIpc) is 3.01. The molecule has 22 heavy (non-hydrogen) atoms. The maximum Gasteiger partial charge on any atom is 0.220 e. The molecule has 122 valence electrons. The topological polar surface area (TPSA) is 58.4 Å². The summed E-state index contributed by atoms with van der Waals surface area (Å²) in [5.41, 5.74) is 8.27. The van der Waals surface area contributed by atoms with Crippen LogP contribution < -0.4 is 11.1 Å². The maximum absolute atomic E-state index is 12.0. The summed E-state index contributed by atoms with van der Waals surface area (Å²) in [4.78, 5) is 14.4. The fourth-order valence-corrected chi connectivity index (χ4v) is 2.96. The van der Waals surface area contributed by atoms with Crippen molar-refractivity contribution in [3.8, 4) is 0 Å². The lowest BCUT2D eigenvalue weighted by Gasteiger charge is -2.28. The monoisotopic (exact) mass is 303 g/mol. The Morgan fingerprint density at radius 3 is 2.50 bits per heavy atom. The van der Waals surface area contributed by atoms with Gasteiger partial charge in [-0.25, -0.2) is 0 Å². The molecule has 2 atom stereocenters. The summed E-state index contributed by atoms with van der Waals surface area (Å²) in [5.74, 6) is 0.105. The van der Waals surface area contributed by atoms with Crippen LogP contribution in [0.3, 0.4) is 0 Å². The highest BCUT2D eigenvalue weighted by Gasteiger charge is 2.23. The highest BCUT2D eigenvalue weighted by molar-refractivity contribution is 5.75. The highest BCUT2D eigenvalue weighted by atomic mass is 16.1. The van der Waals surface area contributed by atoms with Crippen LogP contribution in [-0.4, -0.2) is 36.5 Å². The van der Waals surface area contributed by atoms with Crippen LogP contribution in [0.5, 0.6) is 0 Å². The molecular formula is C18H29N3O. The van der Waals surface area contributed by atoms with E-state index in [9.17, 15) is 4.79 Å². The standard InChI is InChI=1S/C18H29N3O/c1-14-5-8-16(9-6-14)17(21-11-3-4-12-21)13-20-18(22)10-7-15(2)19/h5-6,8-9,15,17H,3-4,7,10-13,19H2,1-2H3,(H,20,22). The van der Waals surface area contributed by atoms with Gasteiger partial charge < -0.3 is 11.1 Å². The lowest BCUT2D eigenvalue weighted by atomic mass is 10.0. The van der Waals surface area contributed by atoms with Crippen molar-refractivity contribution >= 4 is 5.91 Å². The number of nitrogens with two attached hydrogens (primary N) is 1. The first-order valence-corrected chi connectivity index (χ1v) is 8.39. The first-order valence-electron chi connectivity index (χ1n) is 8.39. The smallest absolute Gasteiger partial charge is 0.220 e. The number of likely N-dealkylation sites (tertiary alicyclic amines) is 1. The van der Waals surface area contributed by atoms with Gasteiger partial charge >= 0.3 is 0 Å². The number of carbonyl (C=O) groups excluding carboxylic acids is 1. The minimum absolute atomic E-state index is 0.0808. The third kappa shape index (κ3) is 5.11. The summed E-state index contributed by atoms with van der Waals surface area (Å²) >= 11 is 0. The van der Waals surface area contributed by atoms with Crippen molar-refractivity contribution in [2.75, 3.05) is 19.6 Å². The zero-order valence-electron chi connectivity index (χ0n) is 13.8. The van der Waals surface area contributed by atoms with Gasteiger partial charge in [0.15, 0.2) is 0 Å². The minimum Gasteiger partial charge on any atom is -0.354 e. The molecule has 1 aromatic carbocycles. The molecule has 0 aromatic heterocycles. The molecule has 4 nitrogen and oxygen atoms in total. The number of aryl methyl sites for hydroxylation is 1. The first-order chi connectivity index (χ1) is 10.6. The number of rotatable bonds is 7. The largest absolute Gasteiger partial charge is 0.354 e. The third-order valence-electron chi connectivity index (χ3n) is 4.36. The van der Waals surface area contributed by atoms with Crippen LogP contribution in [0.4, 0.5) is 0 Å². The predicted molar refractivity (Wildman–Crippen MR) is 90.6 cm³/mol. The Bertz CT molecular complexity index is 464. The van der Waals surface area contributed by atoms with Crippen molar-refractivity contribution in [2.45, 2.75) is 51.6 Å². The number of amides is 1. The van der Waals surface area contributed by atoms with E-state index in [4.69, 9.17) is 5.73 Å². The van der Waals surface area contributed by atoms with Crippen LogP contribution in [-0.2, 0) is 4.79 Å². The Balaban J connectivity index is 1.96. The quantitative estimate of drug-likeness (QED) is 0.813. The SMILES string of the molecule is Cc1ccc(C(CNC(=O)CCC(C)N)N2CCCC2)cc1. The zero-order chi connectivity index (χ0) is 15.9. The molecule has 0 spiro atoms. The van der Waals surface area contributed by atoms with Crippen LogP contribution in [0, 0.1) is 6.92 Å². The van der Waals surface area contributed by atoms with E-state index in [1.807, 2.05) is 6.92 Å². The van der Waals surface area contributed by atoms with E-state index >= 15 is 0 Å². The van der Waals surface area contributed by atoms with Crippen LogP contribution in [0.15, 0.2) is 24.3 Å². The van der Waals surface area contributed by atoms with Crippen molar-refractivity contribution in [2.24, 2.45) is 5.73 Å². The molecule has 3 N–H and O–H groups in total. The summed E-state index contributed by atoms with van der Waals surface area (Å²) in [6, 6.07) is 9.03. The fraction of sp³-hybridized carbons (Fsp3) is 0.611. The Hall–Kier alpha value is -1.39. The van der Waals surface area contributed by atoms with Crippen molar-refractivity contribution in [1.82, 2.24) is 10.2 Å². The van der Waals surface area contributed by atoms with Crippen LogP contribution in [0.25, 0.3) is 0 Å². The number of nitrogens with one attached hydrogen (secondary N) is 1. The van der Waals surface area contributed by atoms with E-state index in [0.29, 0.717) is 13.0 Å². The molecule has 0 radical (unpaired) electrons. The number of nitrogens with zero attached hydrogens (tertiary/aromatic N) is 1. The molecule has 1 saturated heterocycles. The minimum atomic E-state index is 0.0808. The van der Waals surface area contributed by atoms with Crippen molar-refractivity contribution in [3.63, 3.8) is 0 Å². The molecule has 4 heteroatoms. The third-order valence-corrected chi connectivity index (χ3v) is 4.36. The second-order valence-electron chi connectivity index (χ2n) is 6.49. The maximum atomic E-state index is 12.0. The molecule has 0 bridgehead atoms. The number of benzene rings is 1. The molecule has 0 saturated carbocycles. The van der Waals surface area contributed by atoms with E-state index in [2.05, 4.69) is 41.4 Å². The van der Waals surface area contributed by atoms with Crippen molar-refractivity contribution in [3.05, 3.63) is 35.4 Å². The Morgan fingerprint density at radius 1 is 1.27 bits per heavy atom. The Kier molecular flexibility index (Phi) is 6.40. The average molecular weight is 303 g/mol. The Morgan fingerprint density at radius 2 is 1.91 bits per heavy atom. The molecule has 1 fully saturated rings. The molecular weight excluding hydrogens is 274 g/mol. The van der Waals surface area contributed by atoms with Gasteiger partial charge in [-0.15, -0.1) is 0 Å². The molecule has 1 amide bonds. The Labute approximate surface area is 134 Å². The van der Waals surface area contributed by atoms with E-state index in [-0.39, 0.29) is 18.0 Å². The number of carbonyl (C=O) groups is 1. The van der Waals surface area contributed by atoms with Crippen molar-refractivity contribution < 1.29 is 4.79 Å². The van der Waals surface area contributed by atoms with Gasteiger partial charge in [-0.2, -0.15) is 0 Å². The lowest BCUT2D eigenvalue weighted by molar-refractivity contribution is -0.121. The fourth-order valence-electron chi connectivity index (χ4n) is 2.96. The zero-order valence-corrected chi connectivity index (χ0v) is 13.8. The molecule has 1 aromatic rings. The molecule has 2 rings (SSSR count). The normalized spacial score (nSPS) is 18.1. The van der Waals surface area contributed by atoms with Crippen LogP contribution in [0.1, 0.15) is 49.8 Å². The number of hydrogen-bond donors (Lipinski definition) is 2. The molecule has 1 aliphatic rings. The van der Waals surface area contributed by atoms with Gasteiger partial charge in [-0.05, 0) is 51.8 Å².